The molecule has 232 valence electrons. The Kier molecular flexibility index (Phi) is 9.47. The second kappa shape index (κ2) is 12.6. The number of benzene rings is 1. The zero-order valence-corrected chi connectivity index (χ0v) is 25.7. The van der Waals surface area contributed by atoms with E-state index in [9.17, 15) is 9.59 Å². The van der Waals surface area contributed by atoms with Gasteiger partial charge < -0.3 is 24.4 Å². The Labute approximate surface area is 246 Å². The van der Waals surface area contributed by atoms with Gasteiger partial charge in [-0.05, 0) is 49.7 Å². The number of hydrogen-bond acceptors (Lipinski definition) is 7. The number of alkyl halides is 2. The minimum atomic E-state index is -3.29. The van der Waals surface area contributed by atoms with Crippen LogP contribution in [0.2, 0.25) is 0 Å². The summed E-state index contributed by atoms with van der Waals surface area (Å²) in [5, 5.41) is 2.80. The number of carbonyl (C=O) groups excluding carboxylic acids is 2. The van der Waals surface area contributed by atoms with Gasteiger partial charge in [0.15, 0.2) is 5.69 Å². The molecule has 2 aliphatic heterocycles. The molecule has 3 heterocycles. The van der Waals surface area contributed by atoms with Crippen molar-refractivity contribution < 1.29 is 32.6 Å². The Hall–Kier alpha value is -3.24. The predicted molar refractivity (Wildman–Crippen MR) is 155 cm³/mol. The van der Waals surface area contributed by atoms with Crippen molar-refractivity contribution in [3.05, 3.63) is 23.9 Å². The van der Waals surface area contributed by atoms with Gasteiger partial charge >= 0.3 is 6.09 Å². The number of carbonyl (C=O) groups is 2. The van der Waals surface area contributed by atoms with Crippen LogP contribution >= 0.6 is 0 Å². The van der Waals surface area contributed by atoms with Crippen molar-refractivity contribution in [2.45, 2.75) is 97.8 Å². The molecule has 0 radical (unpaired) electrons. The van der Waals surface area contributed by atoms with Gasteiger partial charge in [0.25, 0.3) is 5.92 Å². The molecular formula is C31H44F2N4O5. The molecule has 2 bridgehead atoms. The van der Waals surface area contributed by atoms with Crippen LogP contribution in [0.5, 0.6) is 11.6 Å². The van der Waals surface area contributed by atoms with Crippen LogP contribution in [-0.2, 0) is 15.5 Å². The molecule has 2 aromatic rings. The highest BCUT2D eigenvalue weighted by Crippen LogP contribution is 2.41. The van der Waals surface area contributed by atoms with E-state index in [4.69, 9.17) is 14.2 Å². The maximum absolute atomic E-state index is 15.8. The van der Waals surface area contributed by atoms with Gasteiger partial charge in [-0.3, -0.25) is 4.79 Å². The average molecular weight is 591 g/mol. The topological polar surface area (TPSA) is 103 Å². The largest absolute Gasteiger partial charge is 0.497 e. The molecule has 5 atom stereocenters. The number of fused-ring (bicyclic) bond motifs is 4. The zero-order chi connectivity index (χ0) is 30.8. The van der Waals surface area contributed by atoms with Crippen LogP contribution in [0.15, 0.2) is 18.2 Å². The molecule has 2 amide bonds. The number of cyclic esters (lactones) is 1. The van der Waals surface area contributed by atoms with Gasteiger partial charge in [0.1, 0.15) is 17.9 Å². The van der Waals surface area contributed by atoms with Crippen LogP contribution in [0.3, 0.4) is 0 Å². The number of halogens is 2. The number of ether oxygens (including phenoxy) is 3. The first-order valence-electron chi connectivity index (χ1n) is 14.9. The van der Waals surface area contributed by atoms with Gasteiger partial charge in [-0.15, -0.1) is 0 Å². The number of nitrogens with one attached hydrogen (secondary N) is 1. The summed E-state index contributed by atoms with van der Waals surface area (Å²) < 4.78 is 48.8. The minimum absolute atomic E-state index is 0.0361. The second-order valence-corrected chi connectivity index (χ2v) is 12.8. The van der Waals surface area contributed by atoms with E-state index >= 15 is 8.78 Å². The van der Waals surface area contributed by atoms with E-state index in [-0.39, 0.29) is 49.2 Å². The number of methoxy groups -OCH3 is 1. The summed E-state index contributed by atoms with van der Waals surface area (Å²) in [7, 11) is 1.52. The van der Waals surface area contributed by atoms with Gasteiger partial charge in [0.2, 0.25) is 11.8 Å². The lowest BCUT2D eigenvalue weighted by Gasteiger charge is -2.35. The summed E-state index contributed by atoms with van der Waals surface area (Å²) in [5.41, 5.74) is -0.411. The van der Waals surface area contributed by atoms with Gasteiger partial charge in [0.05, 0.1) is 31.3 Å². The maximum atomic E-state index is 15.8. The predicted octanol–water partition coefficient (Wildman–Crippen LogP) is 6.09. The quantitative estimate of drug-likeness (QED) is 0.452. The Balaban J connectivity index is 1.78. The Morgan fingerprint density at radius 2 is 1.88 bits per heavy atom. The number of hydrogen-bond donors (Lipinski definition) is 1. The summed E-state index contributed by atoms with van der Waals surface area (Å²) in [6.45, 7) is 11.7. The summed E-state index contributed by atoms with van der Waals surface area (Å²) in [6.07, 6.45) is 0.315. The van der Waals surface area contributed by atoms with Crippen molar-refractivity contribution in [1.29, 1.82) is 0 Å². The van der Waals surface area contributed by atoms with Crippen LogP contribution in [-0.4, -0.2) is 65.3 Å². The fourth-order valence-electron chi connectivity index (χ4n) is 5.90. The van der Waals surface area contributed by atoms with E-state index in [1.165, 1.54) is 7.11 Å². The normalized spacial score (nSPS) is 27.7. The third-order valence-electron chi connectivity index (χ3n) is 8.48. The van der Waals surface area contributed by atoms with Gasteiger partial charge in [-0.2, -0.15) is 8.78 Å². The van der Waals surface area contributed by atoms with Crippen molar-refractivity contribution in [2.75, 3.05) is 20.3 Å². The molecule has 1 saturated heterocycles. The van der Waals surface area contributed by atoms with E-state index in [0.29, 0.717) is 36.0 Å². The minimum Gasteiger partial charge on any atom is -0.497 e. The van der Waals surface area contributed by atoms with E-state index in [1.54, 1.807) is 23.1 Å². The maximum Gasteiger partial charge on any atom is 0.407 e. The molecule has 11 heteroatoms. The molecule has 42 heavy (non-hydrogen) atoms. The summed E-state index contributed by atoms with van der Waals surface area (Å²) in [6, 6.07) is 3.78. The van der Waals surface area contributed by atoms with Gasteiger partial charge in [0, 0.05) is 24.4 Å². The SMILES string of the molecule is CCC1C2CN(C(=O)C(C(C)(C)C)NC(=O)OCC(C)CCCCC(F)(F)c3nc4ccc(OC)cc4nc3O2)C1C. The lowest BCUT2D eigenvalue weighted by Crippen LogP contribution is -2.56. The van der Waals surface area contributed by atoms with Crippen LogP contribution in [0.4, 0.5) is 13.6 Å². The van der Waals surface area contributed by atoms with Crippen molar-refractivity contribution in [1.82, 2.24) is 20.2 Å². The van der Waals surface area contributed by atoms with E-state index in [2.05, 4.69) is 15.3 Å². The van der Waals surface area contributed by atoms with Crippen LogP contribution < -0.4 is 14.8 Å². The van der Waals surface area contributed by atoms with Gasteiger partial charge in [-0.25, -0.2) is 14.8 Å². The fraction of sp³-hybridized carbons (Fsp3) is 0.677. The van der Waals surface area contributed by atoms with Crippen molar-refractivity contribution in [3.63, 3.8) is 0 Å². The Bertz CT molecular complexity index is 1280. The number of amides is 2. The highest BCUT2D eigenvalue weighted by molar-refractivity contribution is 5.87. The first-order chi connectivity index (χ1) is 19.7. The highest BCUT2D eigenvalue weighted by Gasteiger charge is 2.47. The van der Waals surface area contributed by atoms with E-state index in [1.807, 2.05) is 41.5 Å². The Morgan fingerprint density at radius 3 is 2.55 bits per heavy atom. The third kappa shape index (κ3) is 6.86. The molecular weight excluding hydrogens is 546 g/mol. The van der Waals surface area contributed by atoms with Crippen molar-refractivity contribution >= 4 is 23.0 Å². The lowest BCUT2D eigenvalue weighted by molar-refractivity contribution is -0.137. The molecule has 2 aliphatic rings. The Morgan fingerprint density at radius 1 is 1.14 bits per heavy atom. The smallest absolute Gasteiger partial charge is 0.407 e. The van der Waals surface area contributed by atoms with E-state index in [0.717, 1.165) is 0 Å². The first-order valence-corrected chi connectivity index (χ1v) is 14.9. The third-order valence-corrected chi connectivity index (χ3v) is 8.48. The van der Waals surface area contributed by atoms with Crippen molar-refractivity contribution in [3.8, 4) is 11.6 Å². The molecule has 0 aliphatic carbocycles. The molecule has 5 unspecified atom stereocenters. The monoisotopic (exact) mass is 590 g/mol. The lowest BCUT2D eigenvalue weighted by atomic mass is 9.85. The number of aromatic nitrogens is 2. The van der Waals surface area contributed by atoms with Crippen LogP contribution in [0, 0.1) is 17.3 Å². The van der Waals surface area contributed by atoms with E-state index < -0.39 is 41.7 Å². The number of rotatable bonds is 2. The summed E-state index contributed by atoms with van der Waals surface area (Å²) >= 11 is 0. The van der Waals surface area contributed by atoms with Crippen LogP contribution in [0.25, 0.3) is 11.0 Å². The fourth-order valence-corrected chi connectivity index (χ4v) is 5.90. The average Bonchev–Trinajstić information content (AvgIpc) is 3.25. The molecule has 9 nitrogen and oxygen atoms in total. The standard InChI is InChI=1S/C31H44F2N4O5/c1-8-21-19(3)37-16-24(21)42-27-25(34-22-13-12-20(40-7)15-23(22)35-27)31(32,33)14-10-9-11-18(2)17-41-29(39)36-26(28(37)38)30(4,5)6/h12-13,15,18-19,21,24,26H,8-11,14,16-17H2,1-7H3,(H,36,39). The molecule has 1 N–H and O–H groups in total. The molecule has 4 rings (SSSR count). The second-order valence-electron chi connectivity index (χ2n) is 12.8. The molecule has 1 aromatic heterocycles. The van der Waals surface area contributed by atoms with Crippen molar-refractivity contribution in [2.24, 2.45) is 17.3 Å². The highest BCUT2D eigenvalue weighted by atomic mass is 19.3. The van der Waals surface area contributed by atoms with Crippen LogP contribution in [0.1, 0.15) is 79.3 Å². The first kappa shape index (κ1) is 31.7. The number of nitrogens with zero attached hydrogens (tertiary/aromatic N) is 3. The molecule has 1 fully saturated rings. The molecule has 1 aromatic carbocycles. The zero-order valence-electron chi connectivity index (χ0n) is 25.7. The molecule has 0 saturated carbocycles. The number of alkyl carbamates (subject to hydrolysis) is 1. The summed E-state index contributed by atoms with van der Waals surface area (Å²) in [5.74, 6) is -3.46. The van der Waals surface area contributed by atoms with Gasteiger partial charge in [-0.1, -0.05) is 41.0 Å². The summed E-state index contributed by atoms with van der Waals surface area (Å²) in [4.78, 5) is 37.3. The molecule has 0 spiro atoms.